The first kappa shape index (κ1) is 24.7. The van der Waals surface area contributed by atoms with Gasteiger partial charge in [-0.3, -0.25) is 4.79 Å². The van der Waals surface area contributed by atoms with E-state index in [0.29, 0.717) is 0 Å². The lowest BCUT2D eigenvalue weighted by Gasteiger charge is -2.32. The first-order valence-electron chi connectivity index (χ1n) is 9.72. The summed E-state index contributed by atoms with van der Waals surface area (Å²) in [6, 6.07) is 1.81. The maximum atomic E-state index is 14.4. The van der Waals surface area contributed by atoms with Crippen molar-refractivity contribution in [1.82, 2.24) is 9.78 Å². The standard InChI is InChI=1S/C21H20F7N3O2/c1-5-11-12(6-7-13(22)16(11)23)15-9(2)20(4,21(26,27)28)33-17(15)18(32)29-14-8-31(19(24)25)30-10(14)3/h5-9,15,17,19H,1H2,2-4H3,(H,29,32). The average molecular weight is 479 g/mol. The molecule has 2 aromatic rings. The molecule has 1 N–H and O–H groups in total. The number of anilines is 1. The molecule has 0 aliphatic carbocycles. The molecule has 1 aromatic heterocycles. The highest BCUT2D eigenvalue weighted by Crippen LogP contribution is 2.54. The molecule has 0 radical (unpaired) electrons. The van der Waals surface area contributed by atoms with Crippen LogP contribution in [0.1, 0.15) is 43.1 Å². The van der Waals surface area contributed by atoms with Crippen molar-refractivity contribution < 1.29 is 40.3 Å². The van der Waals surface area contributed by atoms with Crippen LogP contribution in [0.2, 0.25) is 0 Å². The van der Waals surface area contributed by atoms with Crippen LogP contribution in [-0.4, -0.2) is 33.6 Å². The SMILES string of the molecule is C=Cc1c(C2C(C(=O)Nc3cn(C(F)F)nc3C)OC(C)(C(F)(F)F)C2C)ccc(F)c1F. The molecule has 1 aliphatic rings. The fraction of sp³-hybridized carbons (Fsp3) is 0.429. The molecule has 0 saturated carbocycles. The predicted molar refractivity (Wildman–Crippen MR) is 105 cm³/mol. The highest BCUT2D eigenvalue weighted by atomic mass is 19.4. The van der Waals surface area contributed by atoms with E-state index in [-0.39, 0.29) is 21.6 Å². The van der Waals surface area contributed by atoms with Crippen molar-refractivity contribution >= 4 is 17.7 Å². The van der Waals surface area contributed by atoms with Crippen molar-refractivity contribution in [3.8, 4) is 0 Å². The largest absolute Gasteiger partial charge is 0.417 e. The number of carbonyl (C=O) groups excluding carboxylic acids is 1. The Kier molecular flexibility index (Phi) is 6.35. The minimum Gasteiger partial charge on any atom is -0.352 e. The Hall–Kier alpha value is -2.89. The molecular formula is C21H20F7N3O2. The number of amides is 1. The summed E-state index contributed by atoms with van der Waals surface area (Å²) in [6.45, 7) is 3.64. The second-order valence-corrected chi connectivity index (χ2v) is 7.90. The number of benzene rings is 1. The maximum absolute atomic E-state index is 14.4. The maximum Gasteiger partial charge on any atom is 0.417 e. The molecule has 1 amide bonds. The van der Waals surface area contributed by atoms with Crippen LogP contribution in [0, 0.1) is 24.5 Å². The number of alkyl halides is 5. The Labute approximate surface area is 184 Å². The molecule has 2 heterocycles. The van der Waals surface area contributed by atoms with E-state index < -0.39 is 59.4 Å². The number of ether oxygens (including phenoxy) is 1. The van der Waals surface area contributed by atoms with Gasteiger partial charge in [0.25, 0.3) is 5.91 Å². The van der Waals surface area contributed by atoms with Crippen molar-refractivity contribution in [3.05, 3.63) is 53.4 Å². The van der Waals surface area contributed by atoms with Crippen LogP contribution in [-0.2, 0) is 9.53 Å². The minimum absolute atomic E-state index is 0.00978. The molecule has 3 rings (SSSR count). The van der Waals surface area contributed by atoms with Crippen molar-refractivity contribution in [1.29, 1.82) is 0 Å². The van der Waals surface area contributed by atoms with Gasteiger partial charge in [-0.15, -0.1) is 0 Å². The van der Waals surface area contributed by atoms with Gasteiger partial charge < -0.3 is 10.1 Å². The van der Waals surface area contributed by atoms with E-state index in [1.165, 1.54) is 13.8 Å². The topological polar surface area (TPSA) is 56.2 Å². The van der Waals surface area contributed by atoms with Gasteiger partial charge in [-0.2, -0.15) is 27.1 Å². The summed E-state index contributed by atoms with van der Waals surface area (Å²) in [4.78, 5) is 13.0. The van der Waals surface area contributed by atoms with E-state index in [1.807, 2.05) is 0 Å². The van der Waals surface area contributed by atoms with Crippen molar-refractivity contribution in [2.75, 3.05) is 5.32 Å². The Morgan fingerprint density at radius 1 is 1.33 bits per heavy atom. The molecule has 4 atom stereocenters. The Morgan fingerprint density at radius 2 is 1.97 bits per heavy atom. The molecule has 1 fully saturated rings. The van der Waals surface area contributed by atoms with E-state index in [2.05, 4.69) is 17.0 Å². The third-order valence-electron chi connectivity index (χ3n) is 6.03. The molecule has 5 nitrogen and oxygen atoms in total. The molecule has 1 aliphatic heterocycles. The van der Waals surface area contributed by atoms with Crippen molar-refractivity contribution in [2.45, 2.75) is 51.1 Å². The van der Waals surface area contributed by atoms with Gasteiger partial charge in [0.1, 0.15) is 6.10 Å². The predicted octanol–water partition coefficient (Wildman–Crippen LogP) is 5.59. The van der Waals surface area contributed by atoms with E-state index in [0.717, 1.165) is 31.3 Å². The van der Waals surface area contributed by atoms with Crippen molar-refractivity contribution in [2.24, 2.45) is 5.92 Å². The summed E-state index contributed by atoms with van der Waals surface area (Å²) >= 11 is 0. The first-order valence-corrected chi connectivity index (χ1v) is 9.72. The normalized spacial score (nSPS) is 25.5. The van der Waals surface area contributed by atoms with E-state index in [4.69, 9.17) is 4.74 Å². The van der Waals surface area contributed by atoms with E-state index in [1.54, 1.807) is 0 Å². The number of rotatable bonds is 5. The lowest BCUT2D eigenvalue weighted by Crippen LogP contribution is -2.47. The van der Waals surface area contributed by atoms with Gasteiger partial charge in [-0.1, -0.05) is 25.6 Å². The van der Waals surface area contributed by atoms with Gasteiger partial charge in [0, 0.05) is 17.4 Å². The van der Waals surface area contributed by atoms with Crippen molar-refractivity contribution in [3.63, 3.8) is 0 Å². The lowest BCUT2D eigenvalue weighted by atomic mass is 9.75. The fourth-order valence-corrected chi connectivity index (χ4v) is 4.01. The van der Waals surface area contributed by atoms with Gasteiger partial charge in [0.05, 0.1) is 17.6 Å². The van der Waals surface area contributed by atoms with Gasteiger partial charge in [0.15, 0.2) is 17.2 Å². The van der Waals surface area contributed by atoms with Gasteiger partial charge in [0.2, 0.25) is 0 Å². The molecule has 1 aromatic carbocycles. The third-order valence-corrected chi connectivity index (χ3v) is 6.03. The Balaban J connectivity index is 2.09. The smallest absolute Gasteiger partial charge is 0.352 e. The average Bonchev–Trinajstić information content (AvgIpc) is 3.22. The lowest BCUT2D eigenvalue weighted by molar-refractivity contribution is -0.272. The van der Waals surface area contributed by atoms with Crippen LogP contribution in [0.15, 0.2) is 24.9 Å². The molecule has 1 saturated heterocycles. The number of nitrogens with one attached hydrogen (secondary N) is 1. The van der Waals surface area contributed by atoms with Crippen LogP contribution >= 0.6 is 0 Å². The Morgan fingerprint density at radius 3 is 2.48 bits per heavy atom. The quantitative estimate of drug-likeness (QED) is 0.570. The van der Waals surface area contributed by atoms with Crippen LogP contribution in [0.25, 0.3) is 6.08 Å². The number of aryl methyl sites for hydroxylation is 1. The van der Waals surface area contributed by atoms with Crippen LogP contribution < -0.4 is 5.32 Å². The summed E-state index contributed by atoms with van der Waals surface area (Å²) < 4.78 is 101. The zero-order valence-electron chi connectivity index (χ0n) is 17.7. The molecule has 180 valence electrons. The summed E-state index contributed by atoms with van der Waals surface area (Å²) in [5.41, 5.74) is -3.49. The number of aromatic nitrogens is 2. The summed E-state index contributed by atoms with van der Waals surface area (Å²) in [7, 11) is 0. The van der Waals surface area contributed by atoms with Crippen LogP contribution in [0.5, 0.6) is 0 Å². The monoisotopic (exact) mass is 479 g/mol. The molecule has 33 heavy (non-hydrogen) atoms. The molecule has 0 spiro atoms. The van der Waals surface area contributed by atoms with Gasteiger partial charge in [-0.05, 0) is 25.5 Å². The van der Waals surface area contributed by atoms with E-state index >= 15 is 0 Å². The van der Waals surface area contributed by atoms with Gasteiger partial charge >= 0.3 is 12.7 Å². The highest BCUT2D eigenvalue weighted by molar-refractivity contribution is 5.95. The number of hydrogen-bond donors (Lipinski definition) is 1. The zero-order valence-corrected chi connectivity index (χ0v) is 17.7. The molecule has 12 heteroatoms. The second-order valence-electron chi connectivity index (χ2n) is 7.90. The Bertz CT molecular complexity index is 1080. The summed E-state index contributed by atoms with van der Waals surface area (Å²) in [5.74, 6) is -6.44. The zero-order chi connectivity index (χ0) is 24.9. The molecular weight excluding hydrogens is 459 g/mol. The van der Waals surface area contributed by atoms with Crippen LogP contribution in [0.4, 0.5) is 36.4 Å². The number of hydrogen-bond acceptors (Lipinski definition) is 3. The fourth-order valence-electron chi connectivity index (χ4n) is 4.01. The van der Waals surface area contributed by atoms with Crippen LogP contribution in [0.3, 0.4) is 0 Å². The van der Waals surface area contributed by atoms with Gasteiger partial charge in [-0.25, -0.2) is 13.5 Å². The molecule has 4 unspecified atom stereocenters. The first-order chi connectivity index (χ1) is 15.2. The number of halogens is 7. The molecule has 0 bridgehead atoms. The number of nitrogens with zero attached hydrogens (tertiary/aromatic N) is 2. The summed E-state index contributed by atoms with van der Waals surface area (Å²) in [5, 5.41) is 5.78. The number of carbonyl (C=O) groups is 1. The van der Waals surface area contributed by atoms with E-state index in [9.17, 15) is 35.5 Å². The second kappa shape index (κ2) is 8.47. The highest BCUT2D eigenvalue weighted by Gasteiger charge is 2.65. The third kappa shape index (κ3) is 4.11. The minimum atomic E-state index is -4.91. The summed E-state index contributed by atoms with van der Waals surface area (Å²) in [6.07, 6.45) is -4.97.